The van der Waals surface area contributed by atoms with Gasteiger partial charge in [0.05, 0.1) is 11.5 Å². The Labute approximate surface area is 197 Å². The van der Waals surface area contributed by atoms with Gasteiger partial charge < -0.3 is 15.6 Å². The number of ether oxygens (including phenoxy) is 1. The van der Waals surface area contributed by atoms with E-state index in [-0.39, 0.29) is 17.2 Å². The molecular formula is C23H26N2O6S2. The number of aryl methyl sites for hydroxylation is 1. The van der Waals surface area contributed by atoms with Gasteiger partial charge in [0.1, 0.15) is 11.7 Å². The van der Waals surface area contributed by atoms with E-state index in [1.54, 1.807) is 24.5 Å². The van der Waals surface area contributed by atoms with Gasteiger partial charge in [-0.1, -0.05) is 48.0 Å². The van der Waals surface area contributed by atoms with Crippen LogP contribution in [0, 0.1) is 6.92 Å². The van der Waals surface area contributed by atoms with Crippen molar-refractivity contribution < 1.29 is 27.9 Å². The molecule has 0 bridgehead atoms. The van der Waals surface area contributed by atoms with Crippen molar-refractivity contribution in [1.82, 2.24) is 4.31 Å². The Kier molecular flexibility index (Phi) is 9.71. The highest BCUT2D eigenvalue weighted by Gasteiger charge is 2.30. The van der Waals surface area contributed by atoms with Crippen LogP contribution in [0.25, 0.3) is 0 Å². The molecule has 1 aliphatic rings. The van der Waals surface area contributed by atoms with E-state index in [4.69, 9.17) is 15.6 Å². The Morgan fingerprint density at radius 3 is 2.33 bits per heavy atom. The zero-order valence-electron chi connectivity index (χ0n) is 18.2. The van der Waals surface area contributed by atoms with Crippen LogP contribution in [0.15, 0.2) is 82.2 Å². The molecule has 176 valence electrons. The van der Waals surface area contributed by atoms with Crippen molar-refractivity contribution in [1.29, 1.82) is 0 Å². The number of hydrogen-bond acceptors (Lipinski definition) is 7. The van der Waals surface area contributed by atoms with E-state index in [9.17, 15) is 18.0 Å². The number of carboxylic acids is 1. The van der Waals surface area contributed by atoms with Gasteiger partial charge in [0.15, 0.2) is 0 Å². The Morgan fingerprint density at radius 1 is 1.12 bits per heavy atom. The summed E-state index contributed by atoms with van der Waals surface area (Å²) in [5, 5.41) is 11.6. The van der Waals surface area contributed by atoms with Crippen molar-refractivity contribution in [3.05, 3.63) is 88.4 Å². The fourth-order valence-electron chi connectivity index (χ4n) is 2.66. The lowest BCUT2D eigenvalue weighted by atomic mass is 10.1. The van der Waals surface area contributed by atoms with Crippen molar-refractivity contribution in [2.24, 2.45) is 5.73 Å². The Hall–Kier alpha value is -3.08. The fraction of sp³-hybridized carbons (Fsp3) is 0.217. The van der Waals surface area contributed by atoms with Crippen LogP contribution in [-0.2, 0) is 30.8 Å². The lowest BCUT2D eigenvalue weighted by Gasteiger charge is -2.23. The predicted molar refractivity (Wildman–Crippen MR) is 127 cm³/mol. The van der Waals surface area contributed by atoms with Crippen molar-refractivity contribution >= 4 is 33.7 Å². The highest BCUT2D eigenvalue weighted by molar-refractivity contribution is 8.05. The van der Waals surface area contributed by atoms with Gasteiger partial charge in [-0.2, -0.15) is 0 Å². The summed E-state index contributed by atoms with van der Waals surface area (Å²) >= 11 is 1.23. The van der Waals surface area contributed by atoms with E-state index in [0.717, 1.165) is 15.4 Å². The fourth-order valence-corrected chi connectivity index (χ4v) is 4.73. The lowest BCUT2D eigenvalue weighted by molar-refractivity contribution is -0.140. The summed E-state index contributed by atoms with van der Waals surface area (Å²) in [6.45, 7) is 3.73. The van der Waals surface area contributed by atoms with Crippen LogP contribution in [0.4, 0.5) is 0 Å². The first kappa shape index (κ1) is 26.2. The third-order valence-electron chi connectivity index (χ3n) is 4.37. The molecule has 0 saturated heterocycles. The number of nitrogens with zero attached hydrogens (tertiary/aromatic N) is 1. The summed E-state index contributed by atoms with van der Waals surface area (Å²) < 4.78 is 31.1. The number of rotatable bonds is 7. The number of carbonyl (C=O) groups is 2. The quantitative estimate of drug-likeness (QED) is 0.566. The third-order valence-corrected chi connectivity index (χ3v) is 6.71. The number of carbonyl (C=O) groups excluding carboxylic acids is 1. The van der Waals surface area contributed by atoms with Crippen molar-refractivity contribution in [3.8, 4) is 0 Å². The summed E-state index contributed by atoms with van der Waals surface area (Å²) in [4.78, 5) is 22.4. The number of carboxylic acid groups (broad SMARTS) is 1. The monoisotopic (exact) mass is 490 g/mol. The Morgan fingerprint density at radius 2 is 1.76 bits per heavy atom. The van der Waals surface area contributed by atoms with E-state index < -0.39 is 28.0 Å². The number of thioether (sulfide) groups is 1. The maximum atomic E-state index is 12.6. The van der Waals surface area contributed by atoms with E-state index in [1.165, 1.54) is 35.5 Å². The average Bonchev–Trinajstić information content (AvgIpc) is 2.80. The first-order valence-electron chi connectivity index (χ1n) is 9.99. The molecule has 33 heavy (non-hydrogen) atoms. The van der Waals surface area contributed by atoms with Gasteiger partial charge in [-0.3, -0.25) is 4.79 Å². The highest BCUT2D eigenvalue weighted by Crippen LogP contribution is 2.28. The SMILES string of the molecule is CCOC(=O)C1=CSC=CN1S(=O)(=O)c1ccc(C)cc1.N[C@@H](Cc1ccccc1)C(=O)O. The minimum absolute atomic E-state index is 0.00933. The molecule has 0 amide bonds. The van der Waals surface area contributed by atoms with E-state index in [0.29, 0.717) is 6.42 Å². The molecule has 2 aromatic rings. The number of nitrogens with two attached hydrogens (primary N) is 1. The molecule has 0 saturated carbocycles. The summed E-state index contributed by atoms with van der Waals surface area (Å²) in [5.41, 5.74) is 7.25. The molecule has 0 aliphatic carbocycles. The van der Waals surface area contributed by atoms with Crippen molar-refractivity contribution in [2.45, 2.75) is 31.2 Å². The second-order valence-electron chi connectivity index (χ2n) is 6.89. The van der Waals surface area contributed by atoms with Gasteiger partial charge in [-0.15, -0.1) is 11.8 Å². The van der Waals surface area contributed by atoms with Crippen LogP contribution >= 0.6 is 11.8 Å². The molecule has 0 aromatic heterocycles. The molecule has 0 fully saturated rings. The average molecular weight is 491 g/mol. The van der Waals surface area contributed by atoms with Crippen LogP contribution in [0.1, 0.15) is 18.1 Å². The molecule has 0 spiro atoms. The number of aliphatic carboxylic acids is 1. The van der Waals surface area contributed by atoms with Gasteiger partial charge in [0.25, 0.3) is 10.0 Å². The standard InChI is InChI=1S/C14H15NO4S2.C9H11NO2/c1-3-19-14(16)13-10-20-9-8-15(13)21(17,18)12-6-4-11(2)5-7-12;10-8(9(11)12)6-7-4-2-1-3-5-7/h4-10H,3H2,1-2H3;1-5,8H,6,10H2,(H,11,12)/t;8-/m.0/s1. The van der Waals surface area contributed by atoms with Crippen LogP contribution in [0.5, 0.6) is 0 Å². The molecule has 3 rings (SSSR count). The lowest BCUT2D eigenvalue weighted by Crippen LogP contribution is -2.32. The molecule has 8 nitrogen and oxygen atoms in total. The Bertz CT molecular complexity index is 1110. The first-order valence-corrected chi connectivity index (χ1v) is 12.4. The molecule has 1 aliphatic heterocycles. The Balaban J connectivity index is 0.000000273. The van der Waals surface area contributed by atoms with Crippen molar-refractivity contribution in [2.75, 3.05) is 6.61 Å². The zero-order chi connectivity index (χ0) is 24.4. The first-order chi connectivity index (χ1) is 15.7. The number of hydrogen-bond donors (Lipinski definition) is 2. The van der Waals surface area contributed by atoms with Gasteiger partial charge in [-0.05, 0) is 43.4 Å². The minimum Gasteiger partial charge on any atom is -0.480 e. The van der Waals surface area contributed by atoms with E-state index >= 15 is 0 Å². The van der Waals surface area contributed by atoms with Gasteiger partial charge in [0.2, 0.25) is 0 Å². The van der Waals surface area contributed by atoms with E-state index in [2.05, 4.69) is 0 Å². The molecule has 10 heteroatoms. The van der Waals surface area contributed by atoms with Crippen LogP contribution in [0.3, 0.4) is 0 Å². The van der Waals surface area contributed by atoms with E-state index in [1.807, 2.05) is 37.3 Å². The molecule has 3 N–H and O–H groups in total. The van der Waals surface area contributed by atoms with Crippen LogP contribution < -0.4 is 5.73 Å². The number of sulfonamides is 1. The maximum Gasteiger partial charge on any atom is 0.356 e. The van der Waals surface area contributed by atoms with Crippen LogP contribution in [-0.4, -0.2) is 42.4 Å². The van der Waals surface area contributed by atoms with Gasteiger partial charge >= 0.3 is 11.9 Å². The number of benzene rings is 2. The van der Waals surface area contributed by atoms with Crippen molar-refractivity contribution in [3.63, 3.8) is 0 Å². The van der Waals surface area contributed by atoms with Gasteiger partial charge in [0, 0.05) is 11.6 Å². The predicted octanol–water partition coefficient (Wildman–Crippen LogP) is 3.25. The summed E-state index contributed by atoms with van der Waals surface area (Å²) in [5.74, 6) is -1.62. The zero-order valence-corrected chi connectivity index (χ0v) is 19.9. The molecule has 2 aromatic carbocycles. The normalized spacial score (nSPS) is 13.9. The summed E-state index contributed by atoms with van der Waals surface area (Å²) in [7, 11) is -3.83. The molecule has 1 atom stereocenters. The number of esters is 1. The van der Waals surface area contributed by atoms with Gasteiger partial charge in [-0.25, -0.2) is 17.5 Å². The minimum atomic E-state index is -3.83. The highest BCUT2D eigenvalue weighted by atomic mass is 32.2. The second-order valence-corrected chi connectivity index (χ2v) is 9.49. The second kappa shape index (κ2) is 12.2. The largest absolute Gasteiger partial charge is 0.480 e. The molecule has 0 radical (unpaired) electrons. The topological polar surface area (TPSA) is 127 Å². The smallest absolute Gasteiger partial charge is 0.356 e. The van der Waals surface area contributed by atoms with Crippen LogP contribution in [0.2, 0.25) is 0 Å². The summed E-state index contributed by atoms with van der Waals surface area (Å²) in [6, 6.07) is 15.0. The third kappa shape index (κ3) is 7.48. The molecule has 1 heterocycles. The molecule has 0 unspecified atom stereocenters. The molecular weight excluding hydrogens is 464 g/mol. The summed E-state index contributed by atoms with van der Waals surface area (Å²) in [6.07, 6.45) is 1.74. The maximum absolute atomic E-state index is 12.6.